The van der Waals surface area contributed by atoms with Gasteiger partial charge in [0.2, 0.25) is 5.91 Å². The molecule has 0 N–H and O–H groups in total. The summed E-state index contributed by atoms with van der Waals surface area (Å²) < 4.78 is 0. The smallest absolute Gasteiger partial charge is 0.223 e. The molecule has 1 aliphatic rings. The minimum atomic E-state index is 0.0554. The Hall–Kier alpha value is -2.49. The fraction of sp³-hybridized carbons (Fsp3) is 0.435. The number of rotatable bonds is 5. The van der Waals surface area contributed by atoms with E-state index in [1.165, 1.54) is 0 Å². The molecule has 1 aliphatic heterocycles. The lowest BCUT2D eigenvalue weighted by Crippen LogP contribution is -2.35. The van der Waals surface area contributed by atoms with Crippen molar-refractivity contribution in [3.05, 3.63) is 65.0 Å². The number of ketones is 1. The maximum Gasteiger partial charge on any atom is 0.223 e. The molecule has 4 nitrogen and oxygen atoms in total. The molecule has 2 heterocycles. The standard InChI is InChI=1S/C23H28N2O2/c1-17-7-8-18(2)20(16-17)22(26)9-10-23(27)25-15-5-3-4-6-21(25)19-11-13-24-14-12-19/h7-8,11-14,16,21H,3-6,9-10,15H2,1-2H3. The lowest BCUT2D eigenvalue weighted by Gasteiger charge is -2.30. The Morgan fingerprint density at radius 2 is 1.81 bits per heavy atom. The number of Topliss-reactive ketones (excluding diaryl/α,β-unsaturated/α-hetero) is 1. The van der Waals surface area contributed by atoms with Gasteiger partial charge in [0.1, 0.15) is 0 Å². The lowest BCUT2D eigenvalue weighted by atomic mass is 9.98. The largest absolute Gasteiger partial charge is 0.336 e. The van der Waals surface area contributed by atoms with Crippen LogP contribution in [0, 0.1) is 13.8 Å². The first-order valence-electron chi connectivity index (χ1n) is 9.86. The van der Waals surface area contributed by atoms with Crippen LogP contribution in [0.15, 0.2) is 42.7 Å². The monoisotopic (exact) mass is 364 g/mol. The summed E-state index contributed by atoms with van der Waals surface area (Å²) in [4.78, 5) is 31.7. The molecule has 1 aromatic heterocycles. The van der Waals surface area contributed by atoms with Gasteiger partial charge in [-0.3, -0.25) is 14.6 Å². The molecule has 1 aromatic carbocycles. The van der Waals surface area contributed by atoms with Crippen LogP contribution in [0.4, 0.5) is 0 Å². The third kappa shape index (κ3) is 4.82. The molecule has 142 valence electrons. The second-order valence-electron chi connectivity index (χ2n) is 7.47. The highest BCUT2D eigenvalue weighted by Gasteiger charge is 2.27. The minimum absolute atomic E-state index is 0.0554. The van der Waals surface area contributed by atoms with Crippen LogP contribution < -0.4 is 0 Å². The number of nitrogens with zero attached hydrogens (tertiary/aromatic N) is 2. The van der Waals surface area contributed by atoms with Gasteiger partial charge in [-0.2, -0.15) is 0 Å². The molecule has 1 saturated heterocycles. The average molecular weight is 364 g/mol. The van der Waals surface area contributed by atoms with Crippen molar-refractivity contribution in [3.63, 3.8) is 0 Å². The number of likely N-dealkylation sites (tertiary alicyclic amines) is 1. The van der Waals surface area contributed by atoms with Crippen LogP contribution in [-0.2, 0) is 4.79 Å². The Kier molecular flexibility index (Phi) is 6.38. The van der Waals surface area contributed by atoms with Crippen molar-refractivity contribution < 1.29 is 9.59 Å². The zero-order chi connectivity index (χ0) is 19.2. The molecule has 0 radical (unpaired) electrons. The summed E-state index contributed by atoms with van der Waals surface area (Å²) in [7, 11) is 0. The normalized spacial score (nSPS) is 17.4. The van der Waals surface area contributed by atoms with Crippen molar-refractivity contribution in [2.24, 2.45) is 0 Å². The molecule has 3 rings (SSSR count). The number of aryl methyl sites for hydroxylation is 2. The number of aromatic nitrogens is 1. The Bertz CT molecular complexity index is 801. The Balaban J connectivity index is 1.69. The van der Waals surface area contributed by atoms with E-state index in [1.807, 2.05) is 49.1 Å². The lowest BCUT2D eigenvalue weighted by molar-refractivity contribution is -0.133. The van der Waals surface area contributed by atoms with Gasteiger partial charge in [-0.15, -0.1) is 0 Å². The topological polar surface area (TPSA) is 50.3 Å². The quantitative estimate of drug-likeness (QED) is 0.716. The van der Waals surface area contributed by atoms with Crippen molar-refractivity contribution >= 4 is 11.7 Å². The maximum absolute atomic E-state index is 13.0. The number of pyridine rings is 1. The Morgan fingerprint density at radius 3 is 2.59 bits per heavy atom. The maximum atomic E-state index is 13.0. The van der Waals surface area contributed by atoms with Crippen molar-refractivity contribution in [1.82, 2.24) is 9.88 Å². The first-order valence-corrected chi connectivity index (χ1v) is 9.86. The van der Waals surface area contributed by atoms with Gasteiger partial charge in [-0.05, 0) is 56.0 Å². The highest BCUT2D eigenvalue weighted by molar-refractivity contribution is 5.99. The molecule has 1 fully saturated rings. The van der Waals surface area contributed by atoms with E-state index in [1.54, 1.807) is 12.4 Å². The zero-order valence-corrected chi connectivity index (χ0v) is 16.3. The molecule has 2 aromatic rings. The van der Waals surface area contributed by atoms with Crippen LogP contribution >= 0.6 is 0 Å². The highest BCUT2D eigenvalue weighted by Crippen LogP contribution is 2.30. The number of hydrogen-bond acceptors (Lipinski definition) is 3. The summed E-state index contributed by atoms with van der Waals surface area (Å²) in [6.45, 7) is 4.70. The number of carbonyl (C=O) groups is 2. The van der Waals surface area contributed by atoms with Gasteiger partial charge in [0.15, 0.2) is 5.78 Å². The molecule has 0 bridgehead atoms. The van der Waals surface area contributed by atoms with E-state index in [4.69, 9.17) is 0 Å². The molecular weight excluding hydrogens is 336 g/mol. The number of amides is 1. The third-order valence-corrected chi connectivity index (χ3v) is 5.42. The molecule has 1 unspecified atom stereocenters. The van der Waals surface area contributed by atoms with E-state index < -0.39 is 0 Å². The SMILES string of the molecule is Cc1ccc(C)c(C(=O)CCC(=O)N2CCCCCC2c2ccncc2)c1. The summed E-state index contributed by atoms with van der Waals surface area (Å²) >= 11 is 0. The van der Waals surface area contributed by atoms with Crippen LogP contribution in [0.1, 0.15) is 71.6 Å². The first-order chi connectivity index (χ1) is 13.1. The van der Waals surface area contributed by atoms with Crippen LogP contribution in [-0.4, -0.2) is 28.1 Å². The van der Waals surface area contributed by atoms with Crippen molar-refractivity contribution in [2.45, 2.75) is 58.4 Å². The summed E-state index contributed by atoms with van der Waals surface area (Å²) in [6.07, 6.45) is 8.38. The molecule has 0 saturated carbocycles. The first kappa shape index (κ1) is 19.3. The van der Waals surface area contributed by atoms with E-state index >= 15 is 0 Å². The summed E-state index contributed by atoms with van der Waals surface area (Å²) in [5, 5.41) is 0. The molecule has 1 atom stereocenters. The third-order valence-electron chi connectivity index (χ3n) is 5.42. The Morgan fingerprint density at radius 1 is 1.04 bits per heavy atom. The molecular formula is C23H28N2O2. The van der Waals surface area contributed by atoms with E-state index in [9.17, 15) is 9.59 Å². The highest BCUT2D eigenvalue weighted by atomic mass is 16.2. The zero-order valence-electron chi connectivity index (χ0n) is 16.3. The predicted molar refractivity (Wildman–Crippen MR) is 107 cm³/mol. The van der Waals surface area contributed by atoms with E-state index in [0.29, 0.717) is 0 Å². The van der Waals surface area contributed by atoms with Crippen molar-refractivity contribution in [1.29, 1.82) is 0 Å². The van der Waals surface area contributed by atoms with Crippen LogP contribution in [0.2, 0.25) is 0 Å². The van der Waals surface area contributed by atoms with E-state index in [-0.39, 0.29) is 30.6 Å². The van der Waals surface area contributed by atoms with Gasteiger partial charge >= 0.3 is 0 Å². The molecule has 0 aliphatic carbocycles. The fourth-order valence-corrected chi connectivity index (χ4v) is 3.87. The molecule has 27 heavy (non-hydrogen) atoms. The van der Waals surface area contributed by atoms with Gasteiger partial charge in [-0.1, -0.05) is 30.5 Å². The minimum Gasteiger partial charge on any atom is -0.336 e. The van der Waals surface area contributed by atoms with Crippen LogP contribution in [0.5, 0.6) is 0 Å². The number of carbonyl (C=O) groups excluding carboxylic acids is 2. The van der Waals surface area contributed by atoms with Crippen molar-refractivity contribution in [3.8, 4) is 0 Å². The van der Waals surface area contributed by atoms with E-state index in [2.05, 4.69) is 4.98 Å². The molecule has 1 amide bonds. The summed E-state index contributed by atoms with van der Waals surface area (Å²) in [6, 6.07) is 9.99. The number of hydrogen-bond donors (Lipinski definition) is 0. The van der Waals surface area contributed by atoms with Gasteiger partial charge in [0.25, 0.3) is 0 Å². The number of benzene rings is 1. The second-order valence-corrected chi connectivity index (χ2v) is 7.47. The van der Waals surface area contributed by atoms with Crippen LogP contribution in [0.3, 0.4) is 0 Å². The van der Waals surface area contributed by atoms with Gasteiger partial charge in [0, 0.05) is 37.3 Å². The second kappa shape index (κ2) is 8.94. The average Bonchev–Trinajstić information content (AvgIpc) is 2.94. The van der Waals surface area contributed by atoms with Gasteiger partial charge in [0.05, 0.1) is 6.04 Å². The fourth-order valence-electron chi connectivity index (χ4n) is 3.87. The Labute approximate surface area is 161 Å². The van der Waals surface area contributed by atoms with Gasteiger partial charge < -0.3 is 4.90 Å². The van der Waals surface area contributed by atoms with Crippen molar-refractivity contribution in [2.75, 3.05) is 6.54 Å². The predicted octanol–water partition coefficient (Wildman–Crippen LogP) is 4.81. The van der Waals surface area contributed by atoms with Gasteiger partial charge in [-0.25, -0.2) is 0 Å². The summed E-state index contributed by atoms with van der Waals surface area (Å²) in [5.41, 5.74) is 3.92. The van der Waals surface area contributed by atoms with Crippen LogP contribution in [0.25, 0.3) is 0 Å². The van der Waals surface area contributed by atoms with E-state index in [0.717, 1.165) is 54.5 Å². The molecule has 0 spiro atoms. The summed E-state index contributed by atoms with van der Waals surface area (Å²) in [5.74, 6) is 0.136. The molecule has 4 heteroatoms.